The van der Waals surface area contributed by atoms with Gasteiger partial charge in [-0.3, -0.25) is 4.79 Å². The fourth-order valence-corrected chi connectivity index (χ4v) is 2.25. The maximum Gasteiger partial charge on any atom is 0.230 e. The third-order valence-corrected chi connectivity index (χ3v) is 3.55. The van der Waals surface area contributed by atoms with Crippen molar-refractivity contribution in [3.63, 3.8) is 0 Å². The molecule has 21 heavy (non-hydrogen) atoms. The molecule has 0 radical (unpaired) electrons. The van der Waals surface area contributed by atoms with Crippen molar-refractivity contribution in [1.29, 1.82) is 0 Å². The molecular weight excluding hydrogens is 264 g/mol. The van der Waals surface area contributed by atoms with Crippen LogP contribution in [0.2, 0.25) is 0 Å². The maximum atomic E-state index is 12.1. The molecule has 3 aromatic rings. The van der Waals surface area contributed by atoms with Gasteiger partial charge in [-0.15, -0.1) is 0 Å². The van der Waals surface area contributed by atoms with Gasteiger partial charge >= 0.3 is 0 Å². The summed E-state index contributed by atoms with van der Waals surface area (Å²) in [5, 5.41) is 7.78. The molecule has 0 bridgehead atoms. The number of aryl methyl sites for hydroxylation is 2. The zero-order valence-electron chi connectivity index (χ0n) is 12.0. The Bertz CT molecular complexity index is 791. The summed E-state index contributed by atoms with van der Waals surface area (Å²) in [7, 11) is 0. The molecule has 0 unspecified atom stereocenters. The van der Waals surface area contributed by atoms with E-state index >= 15 is 0 Å². The predicted octanol–water partition coefficient (Wildman–Crippen LogP) is 3.63. The predicted molar refractivity (Wildman–Crippen MR) is 82.3 cm³/mol. The summed E-state index contributed by atoms with van der Waals surface area (Å²) in [5.74, 6) is -0.102. The van der Waals surface area contributed by atoms with Crippen LogP contribution in [-0.2, 0) is 11.2 Å². The SMILES string of the molecule is Cc1cc2onc(CC(=O)Nc3ccccc3)c2cc1C. The molecule has 1 N–H and O–H groups in total. The molecule has 0 saturated carbocycles. The van der Waals surface area contributed by atoms with E-state index in [2.05, 4.69) is 10.5 Å². The van der Waals surface area contributed by atoms with E-state index in [-0.39, 0.29) is 12.3 Å². The lowest BCUT2D eigenvalue weighted by molar-refractivity contribution is -0.115. The molecule has 0 saturated heterocycles. The van der Waals surface area contributed by atoms with Crippen molar-refractivity contribution >= 4 is 22.6 Å². The Morgan fingerprint density at radius 3 is 2.62 bits per heavy atom. The Morgan fingerprint density at radius 1 is 1.14 bits per heavy atom. The quantitative estimate of drug-likeness (QED) is 0.797. The number of fused-ring (bicyclic) bond motifs is 1. The van der Waals surface area contributed by atoms with Crippen LogP contribution < -0.4 is 5.32 Å². The van der Waals surface area contributed by atoms with Crippen molar-refractivity contribution in [3.05, 3.63) is 59.3 Å². The number of amides is 1. The largest absolute Gasteiger partial charge is 0.356 e. The minimum absolute atomic E-state index is 0.102. The van der Waals surface area contributed by atoms with Gasteiger partial charge in [0.2, 0.25) is 5.91 Å². The zero-order chi connectivity index (χ0) is 14.8. The Morgan fingerprint density at radius 2 is 1.86 bits per heavy atom. The molecule has 0 atom stereocenters. The minimum Gasteiger partial charge on any atom is -0.356 e. The molecule has 106 valence electrons. The molecule has 0 aliphatic heterocycles. The number of aromatic nitrogens is 1. The zero-order valence-corrected chi connectivity index (χ0v) is 12.0. The first-order valence-corrected chi connectivity index (χ1v) is 6.84. The number of rotatable bonds is 3. The molecular formula is C17H16N2O2. The van der Waals surface area contributed by atoms with Crippen molar-refractivity contribution in [2.75, 3.05) is 5.32 Å². The highest BCUT2D eigenvalue weighted by molar-refractivity contribution is 5.94. The highest BCUT2D eigenvalue weighted by Crippen LogP contribution is 2.23. The van der Waals surface area contributed by atoms with Gasteiger partial charge in [0.1, 0.15) is 5.69 Å². The van der Waals surface area contributed by atoms with Gasteiger partial charge in [0.15, 0.2) is 5.58 Å². The standard InChI is InChI=1S/C17H16N2O2/c1-11-8-14-15(19-21-16(14)9-12(11)2)10-17(20)18-13-6-4-3-5-7-13/h3-9H,10H2,1-2H3,(H,18,20). The average Bonchev–Trinajstić information content (AvgIpc) is 2.83. The van der Waals surface area contributed by atoms with Gasteiger partial charge in [-0.1, -0.05) is 23.4 Å². The Labute approximate surface area is 122 Å². The number of carbonyl (C=O) groups is 1. The summed E-state index contributed by atoms with van der Waals surface area (Å²) >= 11 is 0. The van der Waals surface area contributed by atoms with Crippen LogP contribution in [0.25, 0.3) is 11.0 Å². The molecule has 0 fully saturated rings. The van der Waals surface area contributed by atoms with Crippen LogP contribution >= 0.6 is 0 Å². The molecule has 0 spiro atoms. The average molecular weight is 280 g/mol. The highest BCUT2D eigenvalue weighted by atomic mass is 16.5. The number of benzene rings is 2. The molecule has 1 amide bonds. The van der Waals surface area contributed by atoms with E-state index in [0.29, 0.717) is 5.69 Å². The van der Waals surface area contributed by atoms with E-state index in [4.69, 9.17) is 4.52 Å². The minimum atomic E-state index is -0.102. The van der Waals surface area contributed by atoms with Crippen LogP contribution in [0.4, 0.5) is 5.69 Å². The number of nitrogens with zero attached hydrogens (tertiary/aromatic N) is 1. The first kappa shape index (κ1) is 13.4. The fourth-order valence-electron chi connectivity index (χ4n) is 2.25. The molecule has 2 aromatic carbocycles. The molecule has 1 heterocycles. The Balaban J connectivity index is 1.82. The summed E-state index contributed by atoms with van der Waals surface area (Å²) in [6, 6.07) is 13.4. The van der Waals surface area contributed by atoms with Gasteiger partial charge in [-0.25, -0.2) is 0 Å². The van der Waals surface area contributed by atoms with E-state index in [1.54, 1.807) is 0 Å². The summed E-state index contributed by atoms with van der Waals surface area (Å²) in [6.45, 7) is 4.06. The van der Waals surface area contributed by atoms with Crippen molar-refractivity contribution in [2.45, 2.75) is 20.3 Å². The van der Waals surface area contributed by atoms with Crippen LogP contribution in [0.1, 0.15) is 16.8 Å². The van der Waals surface area contributed by atoms with E-state index in [9.17, 15) is 4.79 Å². The first-order valence-electron chi connectivity index (χ1n) is 6.84. The number of anilines is 1. The van der Waals surface area contributed by atoms with Crippen LogP contribution in [-0.4, -0.2) is 11.1 Å². The number of hydrogen-bond donors (Lipinski definition) is 1. The third-order valence-electron chi connectivity index (χ3n) is 3.55. The van der Waals surface area contributed by atoms with Crippen molar-refractivity contribution in [2.24, 2.45) is 0 Å². The topological polar surface area (TPSA) is 55.1 Å². The molecule has 0 aliphatic carbocycles. The summed E-state index contributed by atoms with van der Waals surface area (Å²) in [5.41, 5.74) is 4.49. The normalized spacial score (nSPS) is 10.8. The van der Waals surface area contributed by atoms with Gasteiger partial charge < -0.3 is 9.84 Å². The smallest absolute Gasteiger partial charge is 0.230 e. The number of para-hydroxylation sites is 1. The molecule has 0 aliphatic rings. The molecule has 4 heteroatoms. The van der Waals surface area contributed by atoms with Gasteiger partial charge in [-0.2, -0.15) is 0 Å². The first-order chi connectivity index (χ1) is 10.1. The third kappa shape index (κ3) is 2.79. The summed E-state index contributed by atoms with van der Waals surface area (Å²) < 4.78 is 5.31. The second-order valence-electron chi connectivity index (χ2n) is 5.15. The lowest BCUT2D eigenvalue weighted by atomic mass is 10.1. The Hall–Kier alpha value is -2.62. The number of nitrogens with one attached hydrogen (secondary N) is 1. The summed E-state index contributed by atoms with van der Waals surface area (Å²) in [6.07, 6.45) is 0.199. The van der Waals surface area contributed by atoms with Gasteiger partial charge in [0.25, 0.3) is 0 Å². The second-order valence-corrected chi connectivity index (χ2v) is 5.15. The van der Waals surface area contributed by atoms with Crippen molar-refractivity contribution in [3.8, 4) is 0 Å². The van der Waals surface area contributed by atoms with Crippen LogP contribution in [0, 0.1) is 13.8 Å². The molecule has 1 aromatic heterocycles. The Kier molecular flexibility index (Phi) is 3.44. The van der Waals surface area contributed by atoms with E-state index in [1.165, 1.54) is 0 Å². The van der Waals surface area contributed by atoms with E-state index < -0.39 is 0 Å². The van der Waals surface area contributed by atoms with Crippen molar-refractivity contribution < 1.29 is 9.32 Å². The maximum absolute atomic E-state index is 12.1. The lowest BCUT2D eigenvalue weighted by Gasteiger charge is -2.03. The highest BCUT2D eigenvalue weighted by Gasteiger charge is 2.13. The second kappa shape index (κ2) is 5.40. The van der Waals surface area contributed by atoms with Gasteiger partial charge in [0, 0.05) is 11.1 Å². The van der Waals surface area contributed by atoms with Crippen LogP contribution in [0.5, 0.6) is 0 Å². The van der Waals surface area contributed by atoms with E-state index in [1.807, 2.05) is 56.3 Å². The van der Waals surface area contributed by atoms with E-state index in [0.717, 1.165) is 27.8 Å². The summed E-state index contributed by atoms with van der Waals surface area (Å²) in [4.78, 5) is 12.1. The van der Waals surface area contributed by atoms with Crippen molar-refractivity contribution in [1.82, 2.24) is 5.16 Å². The van der Waals surface area contributed by atoms with Crippen LogP contribution in [0.3, 0.4) is 0 Å². The van der Waals surface area contributed by atoms with Crippen LogP contribution in [0.15, 0.2) is 47.0 Å². The fraction of sp³-hybridized carbons (Fsp3) is 0.176. The molecule has 4 nitrogen and oxygen atoms in total. The lowest BCUT2D eigenvalue weighted by Crippen LogP contribution is -2.14. The van der Waals surface area contributed by atoms with Gasteiger partial charge in [0.05, 0.1) is 6.42 Å². The van der Waals surface area contributed by atoms with Gasteiger partial charge in [-0.05, 0) is 49.2 Å². The monoisotopic (exact) mass is 280 g/mol. The molecule has 3 rings (SSSR count). The number of carbonyl (C=O) groups excluding carboxylic acids is 1. The number of hydrogen-bond acceptors (Lipinski definition) is 3.